The van der Waals surface area contributed by atoms with Crippen LogP contribution in [-0.2, 0) is 20.7 Å². The van der Waals surface area contributed by atoms with Crippen LogP contribution in [0.15, 0.2) is 42.5 Å². The van der Waals surface area contributed by atoms with Crippen molar-refractivity contribution >= 4 is 17.6 Å². The highest BCUT2D eigenvalue weighted by Gasteiger charge is 2.06. The molecule has 0 fully saturated rings. The molecule has 2 aromatic carbocycles. The summed E-state index contributed by atoms with van der Waals surface area (Å²) < 4.78 is 10.1. The topological polar surface area (TPSA) is 64.6 Å². The smallest absolute Gasteiger partial charge is 0.309 e. The third kappa shape index (κ3) is 5.43. The lowest BCUT2D eigenvalue weighted by Crippen LogP contribution is -2.20. The molecule has 2 aromatic rings. The maximum Gasteiger partial charge on any atom is 0.309 e. The Kier molecular flexibility index (Phi) is 5.95. The standard InChI is InChI=1S/C19H21NO4/c1-13-8-14(2)10-16(9-13)20-18(21)12-24-17-6-4-15(5-7-17)11-19(22)23-3/h4-10H,11-12H2,1-3H3,(H,20,21). The second-order valence-corrected chi connectivity index (χ2v) is 5.61. The Morgan fingerprint density at radius 3 is 2.21 bits per heavy atom. The van der Waals surface area contributed by atoms with E-state index < -0.39 is 0 Å². The number of methoxy groups -OCH3 is 1. The molecule has 0 atom stereocenters. The molecular weight excluding hydrogens is 306 g/mol. The zero-order chi connectivity index (χ0) is 17.5. The van der Waals surface area contributed by atoms with Crippen molar-refractivity contribution < 1.29 is 19.1 Å². The average Bonchev–Trinajstić information content (AvgIpc) is 2.53. The van der Waals surface area contributed by atoms with E-state index in [0.29, 0.717) is 5.75 Å². The number of aryl methyl sites for hydroxylation is 2. The fourth-order valence-electron chi connectivity index (χ4n) is 2.34. The molecule has 0 bridgehead atoms. The Morgan fingerprint density at radius 1 is 1.00 bits per heavy atom. The molecule has 24 heavy (non-hydrogen) atoms. The van der Waals surface area contributed by atoms with Gasteiger partial charge in [0.1, 0.15) is 5.75 Å². The maximum absolute atomic E-state index is 12.0. The van der Waals surface area contributed by atoms with Gasteiger partial charge >= 0.3 is 5.97 Å². The van der Waals surface area contributed by atoms with E-state index in [0.717, 1.165) is 22.4 Å². The van der Waals surface area contributed by atoms with Gasteiger partial charge in [0.2, 0.25) is 0 Å². The number of nitrogens with one attached hydrogen (secondary N) is 1. The first kappa shape index (κ1) is 17.5. The Labute approximate surface area is 141 Å². The molecule has 0 aliphatic heterocycles. The predicted molar refractivity (Wildman–Crippen MR) is 92.2 cm³/mol. The minimum Gasteiger partial charge on any atom is -0.484 e. The molecule has 1 amide bonds. The molecule has 0 radical (unpaired) electrons. The van der Waals surface area contributed by atoms with E-state index in [4.69, 9.17) is 4.74 Å². The summed E-state index contributed by atoms with van der Waals surface area (Å²) in [6, 6.07) is 12.9. The number of esters is 1. The van der Waals surface area contributed by atoms with Crippen LogP contribution in [0.25, 0.3) is 0 Å². The summed E-state index contributed by atoms with van der Waals surface area (Å²) >= 11 is 0. The van der Waals surface area contributed by atoms with Crippen LogP contribution in [0.5, 0.6) is 5.75 Å². The summed E-state index contributed by atoms with van der Waals surface area (Å²) in [7, 11) is 1.36. The summed E-state index contributed by atoms with van der Waals surface area (Å²) in [6.07, 6.45) is 0.212. The summed E-state index contributed by atoms with van der Waals surface area (Å²) in [5, 5.41) is 2.81. The third-order valence-electron chi connectivity index (χ3n) is 3.37. The van der Waals surface area contributed by atoms with Gasteiger partial charge in [-0.2, -0.15) is 0 Å². The predicted octanol–water partition coefficient (Wildman–Crippen LogP) is 3.04. The normalized spacial score (nSPS) is 10.1. The third-order valence-corrected chi connectivity index (χ3v) is 3.37. The molecule has 5 nitrogen and oxygen atoms in total. The van der Waals surface area contributed by atoms with Crippen LogP contribution in [0.1, 0.15) is 16.7 Å². The highest BCUT2D eigenvalue weighted by atomic mass is 16.5. The average molecular weight is 327 g/mol. The van der Waals surface area contributed by atoms with Crippen molar-refractivity contribution in [2.45, 2.75) is 20.3 Å². The minimum absolute atomic E-state index is 0.0800. The van der Waals surface area contributed by atoms with Crippen LogP contribution in [0.3, 0.4) is 0 Å². The number of hydrogen-bond acceptors (Lipinski definition) is 4. The van der Waals surface area contributed by atoms with Crippen molar-refractivity contribution in [1.29, 1.82) is 0 Å². The van der Waals surface area contributed by atoms with E-state index in [-0.39, 0.29) is 24.9 Å². The lowest BCUT2D eigenvalue weighted by Gasteiger charge is -2.09. The largest absolute Gasteiger partial charge is 0.484 e. The molecule has 1 N–H and O–H groups in total. The molecule has 0 aliphatic carbocycles. The van der Waals surface area contributed by atoms with E-state index in [1.54, 1.807) is 24.3 Å². The first-order valence-corrected chi connectivity index (χ1v) is 7.63. The molecule has 2 rings (SSSR count). The van der Waals surface area contributed by atoms with Crippen LogP contribution in [0.4, 0.5) is 5.69 Å². The van der Waals surface area contributed by atoms with E-state index in [9.17, 15) is 9.59 Å². The highest BCUT2D eigenvalue weighted by Crippen LogP contribution is 2.15. The summed E-state index contributed by atoms with van der Waals surface area (Å²) in [5.74, 6) is 0.0503. The van der Waals surface area contributed by atoms with Crippen molar-refractivity contribution in [2.24, 2.45) is 0 Å². The Balaban J connectivity index is 1.86. The van der Waals surface area contributed by atoms with Gasteiger partial charge in [0.15, 0.2) is 6.61 Å². The van der Waals surface area contributed by atoms with Gasteiger partial charge in [0.05, 0.1) is 13.5 Å². The van der Waals surface area contributed by atoms with Crippen molar-refractivity contribution in [3.05, 3.63) is 59.2 Å². The number of amides is 1. The lowest BCUT2D eigenvalue weighted by molar-refractivity contribution is -0.139. The van der Waals surface area contributed by atoms with Crippen LogP contribution in [0, 0.1) is 13.8 Å². The SMILES string of the molecule is COC(=O)Cc1ccc(OCC(=O)Nc2cc(C)cc(C)c2)cc1. The number of hydrogen-bond donors (Lipinski definition) is 1. The molecular formula is C19H21NO4. The summed E-state index contributed by atoms with van der Waals surface area (Å²) in [5.41, 5.74) is 3.77. The molecule has 0 unspecified atom stereocenters. The Bertz CT molecular complexity index is 702. The Morgan fingerprint density at radius 2 is 1.62 bits per heavy atom. The summed E-state index contributed by atoms with van der Waals surface area (Å²) in [6.45, 7) is 3.88. The van der Waals surface area contributed by atoms with Crippen molar-refractivity contribution in [3.63, 3.8) is 0 Å². The lowest BCUT2D eigenvalue weighted by atomic mass is 10.1. The molecule has 0 saturated heterocycles. The van der Waals surface area contributed by atoms with Crippen LogP contribution in [0.2, 0.25) is 0 Å². The molecule has 0 heterocycles. The number of anilines is 1. The zero-order valence-electron chi connectivity index (χ0n) is 14.1. The van der Waals surface area contributed by atoms with Crippen molar-refractivity contribution in [3.8, 4) is 5.75 Å². The van der Waals surface area contributed by atoms with Gasteiger partial charge < -0.3 is 14.8 Å². The first-order chi connectivity index (χ1) is 11.5. The number of carbonyl (C=O) groups is 2. The van der Waals surface area contributed by atoms with Crippen LogP contribution in [-0.4, -0.2) is 25.6 Å². The maximum atomic E-state index is 12.0. The van der Waals surface area contributed by atoms with Crippen molar-refractivity contribution in [1.82, 2.24) is 0 Å². The molecule has 0 spiro atoms. The van der Waals surface area contributed by atoms with E-state index >= 15 is 0 Å². The number of benzene rings is 2. The number of ether oxygens (including phenoxy) is 2. The van der Waals surface area contributed by atoms with Crippen LogP contribution < -0.4 is 10.1 Å². The van der Waals surface area contributed by atoms with Gasteiger partial charge in [0.25, 0.3) is 5.91 Å². The van der Waals surface area contributed by atoms with Gasteiger partial charge in [-0.25, -0.2) is 0 Å². The van der Waals surface area contributed by atoms with E-state index in [1.165, 1.54) is 7.11 Å². The fourth-order valence-corrected chi connectivity index (χ4v) is 2.34. The number of rotatable bonds is 6. The highest BCUT2D eigenvalue weighted by molar-refractivity contribution is 5.92. The second-order valence-electron chi connectivity index (χ2n) is 5.61. The quantitative estimate of drug-likeness (QED) is 0.828. The first-order valence-electron chi connectivity index (χ1n) is 7.63. The van der Waals surface area contributed by atoms with Gasteiger partial charge in [0, 0.05) is 5.69 Å². The van der Waals surface area contributed by atoms with E-state index in [2.05, 4.69) is 10.1 Å². The fraction of sp³-hybridized carbons (Fsp3) is 0.263. The van der Waals surface area contributed by atoms with Gasteiger partial charge in [-0.05, 0) is 54.8 Å². The molecule has 0 saturated carbocycles. The van der Waals surface area contributed by atoms with E-state index in [1.807, 2.05) is 32.0 Å². The Hall–Kier alpha value is -2.82. The van der Waals surface area contributed by atoms with Crippen molar-refractivity contribution in [2.75, 3.05) is 19.0 Å². The molecule has 126 valence electrons. The van der Waals surface area contributed by atoms with Gasteiger partial charge in [-0.1, -0.05) is 18.2 Å². The molecule has 0 aromatic heterocycles. The second kappa shape index (κ2) is 8.15. The summed E-state index contributed by atoms with van der Waals surface area (Å²) in [4.78, 5) is 23.2. The molecule has 5 heteroatoms. The number of carbonyl (C=O) groups excluding carboxylic acids is 2. The monoisotopic (exact) mass is 327 g/mol. The van der Waals surface area contributed by atoms with Gasteiger partial charge in [-0.3, -0.25) is 9.59 Å². The van der Waals surface area contributed by atoms with Gasteiger partial charge in [-0.15, -0.1) is 0 Å². The minimum atomic E-state index is -0.295. The molecule has 0 aliphatic rings. The van der Waals surface area contributed by atoms with Crippen LogP contribution >= 0.6 is 0 Å². The zero-order valence-corrected chi connectivity index (χ0v) is 14.1.